The van der Waals surface area contributed by atoms with E-state index in [4.69, 9.17) is 5.73 Å². The Morgan fingerprint density at radius 1 is 1.25 bits per heavy atom. The van der Waals surface area contributed by atoms with E-state index < -0.39 is 0 Å². The van der Waals surface area contributed by atoms with Crippen molar-refractivity contribution in [2.45, 2.75) is 25.3 Å². The molecule has 2 atom stereocenters. The standard InChI is InChI=1S/C10H18N2/c11-10-5-3-4-9(10)8-12-6-1-2-7-12/h1-2,9-10H,3-8,11H2. The van der Waals surface area contributed by atoms with Gasteiger partial charge in [-0.15, -0.1) is 0 Å². The molecule has 2 nitrogen and oxygen atoms in total. The number of hydrogen-bond acceptors (Lipinski definition) is 2. The maximum absolute atomic E-state index is 6.01. The Kier molecular flexibility index (Phi) is 2.47. The zero-order valence-corrected chi connectivity index (χ0v) is 7.58. The molecule has 1 aliphatic carbocycles. The molecule has 1 aliphatic heterocycles. The van der Waals surface area contributed by atoms with Crippen LogP contribution in [0.2, 0.25) is 0 Å². The molecular formula is C10H18N2. The van der Waals surface area contributed by atoms with Crippen molar-refractivity contribution in [2.24, 2.45) is 11.7 Å². The molecule has 2 unspecified atom stereocenters. The Balaban J connectivity index is 1.78. The molecule has 2 aliphatic rings. The van der Waals surface area contributed by atoms with Gasteiger partial charge in [0.25, 0.3) is 0 Å². The molecule has 0 spiro atoms. The average molecular weight is 166 g/mol. The van der Waals surface area contributed by atoms with E-state index in [1.165, 1.54) is 25.8 Å². The van der Waals surface area contributed by atoms with Gasteiger partial charge in [-0.25, -0.2) is 0 Å². The van der Waals surface area contributed by atoms with Crippen LogP contribution in [0.5, 0.6) is 0 Å². The third kappa shape index (κ3) is 1.70. The van der Waals surface area contributed by atoms with Gasteiger partial charge in [-0.1, -0.05) is 18.6 Å². The van der Waals surface area contributed by atoms with Gasteiger partial charge < -0.3 is 5.73 Å². The molecule has 0 saturated heterocycles. The van der Waals surface area contributed by atoms with Gasteiger partial charge in [0.1, 0.15) is 0 Å². The maximum Gasteiger partial charge on any atom is 0.0167 e. The summed E-state index contributed by atoms with van der Waals surface area (Å²) in [4.78, 5) is 2.48. The van der Waals surface area contributed by atoms with Crippen molar-refractivity contribution >= 4 is 0 Å². The fourth-order valence-corrected chi connectivity index (χ4v) is 2.29. The zero-order chi connectivity index (χ0) is 8.39. The normalized spacial score (nSPS) is 36.4. The molecule has 0 aromatic rings. The smallest absolute Gasteiger partial charge is 0.0167 e. The monoisotopic (exact) mass is 166 g/mol. The molecule has 2 N–H and O–H groups in total. The third-order valence-corrected chi connectivity index (χ3v) is 3.10. The van der Waals surface area contributed by atoms with E-state index in [0.29, 0.717) is 6.04 Å². The van der Waals surface area contributed by atoms with Crippen LogP contribution in [0.1, 0.15) is 19.3 Å². The first-order valence-electron chi connectivity index (χ1n) is 4.99. The van der Waals surface area contributed by atoms with Crippen LogP contribution in [0, 0.1) is 5.92 Å². The Labute approximate surface area is 74.4 Å². The maximum atomic E-state index is 6.01. The highest BCUT2D eigenvalue weighted by Crippen LogP contribution is 2.25. The molecular weight excluding hydrogens is 148 g/mol. The summed E-state index contributed by atoms with van der Waals surface area (Å²) in [6, 6.07) is 0.477. The van der Waals surface area contributed by atoms with Crippen LogP contribution in [-0.2, 0) is 0 Å². The second kappa shape index (κ2) is 3.58. The summed E-state index contributed by atoms with van der Waals surface area (Å²) in [5.74, 6) is 0.768. The fourth-order valence-electron chi connectivity index (χ4n) is 2.29. The quantitative estimate of drug-likeness (QED) is 0.620. The van der Waals surface area contributed by atoms with Gasteiger partial charge in [0.2, 0.25) is 0 Å². The summed E-state index contributed by atoms with van der Waals surface area (Å²) in [7, 11) is 0. The van der Waals surface area contributed by atoms with Crippen molar-refractivity contribution < 1.29 is 0 Å². The summed E-state index contributed by atoms with van der Waals surface area (Å²) in [5.41, 5.74) is 6.01. The Bertz CT molecular complexity index is 169. The van der Waals surface area contributed by atoms with E-state index >= 15 is 0 Å². The van der Waals surface area contributed by atoms with Crippen LogP contribution < -0.4 is 5.73 Å². The molecule has 1 fully saturated rings. The minimum Gasteiger partial charge on any atom is -0.327 e. The van der Waals surface area contributed by atoms with Crippen LogP contribution in [-0.4, -0.2) is 30.6 Å². The second-order valence-electron chi connectivity index (χ2n) is 4.04. The Morgan fingerprint density at radius 3 is 2.58 bits per heavy atom. The van der Waals surface area contributed by atoms with E-state index in [-0.39, 0.29) is 0 Å². The van der Waals surface area contributed by atoms with Gasteiger partial charge in [-0.05, 0) is 18.8 Å². The molecule has 0 radical (unpaired) electrons. The summed E-state index contributed by atoms with van der Waals surface area (Å²) < 4.78 is 0. The van der Waals surface area contributed by atoms with Crippen molar-refractivity contribution in [1.29, 1.82) is 0 Å². The first kappa shape index (κ1) is 8.27. The van der Waals surface area contributed by atoms with Crippen molar-refractivity contribution in [2.75, 3.05) is 19.6 Å². The van der Waals surface area contributed by atoms with Gasteiger partial charge in [0, 0.05) is 25.7 Å². The highest BCUT2D eigenvalue weighted by atomic mass is 15.1. The molecule has 0 aromatic heterocycles. The molecule has 1 saturated carbocycles. The van der Waals surface area contributed by atoms with Crippen LogP contribution in [0.15, 0.2) is 12.2 Å². The number of rotatable bonds is 2. The topological polar surface area (TPSA) is 29.3 Å². The number of nitrogens with two attached hydrogens (primary N) is 1. The molecule has 0 aromatic carbocycles. The van der Waals surface area contributed by atoms with Gasteiger partial charge in [0.15, 0.2) is 0 Å². The highest BCUT2D eigenvalue weighted by Gasteiger charge is 2.25. The van der Waals surface area contributed by atoms with Crippen molar-refractivity contribution in [3.63, 3.8) is 0 Å². The van der Waals surface area contributed by atoms with Gasteiger partial charge in [0.05, 0.1) is 0 Å². The minimum atomic E-state index is 0.477. The Hall–Kier alpha value is -0.340. The number of hydrogen-bond donors (Lipinski definition) is 1. The van der Waals surface area contributed by atoms with E-state index in [2.05, 4.69) is 17.1 Å². The van der Waals surface area contributed by atoms with E-state index in [0.717, 1.165) is 19.0 Å². The number of nitrogens with zero attached hydrogens (tertiary/aromatic N) is 1. The van der Waals surface area contributed by atoms with Crippen LogP contribution in [0.3, 0.4) is 0 Å². The Morgan fingerprint density at radius 2 is 2.00 bits per heavy atom. The van der Waals surface area contributed by atoms with Crippen molar-refractivity contribution in [3.05, 3.63) is 12.2 Å². The zero-order valence-electron chi connectivity index (χ0n) is 7.58. The lowest BCUT2D eigenvalue weighted by molar-refractivity contribution is 0.276. The van der Waals surface area contributed by atoms with Crippen LogP contribution in [0.4, 0.5) is 0 Å². The van der Waals surface area contributed by atoms with Gasteiger partial charge in [-0.2, -0.15) is 0 Å². The lowest BCUT2D eigenvalue weighted by Gasteiger charge is -2.22. The molecule has 0 bridgehead atoms. The van der Waals surface area contributed by atoms with Gasteiger partial charge in [-0.3, -0.25) is 4.90 Å². The predicted molar refractivity (Wildman–Crippen MR) is 50.9 cm³/mol. The molecule has 68 valence electrons. The predicted octanol–water partition coefficient (Wildman–Crippen LogP) is 0.986. The SMILES string of the molecule is NC1CCCC1CN1CC=CC1. The van der Waals surface area contributed by atoms with E-state index in [1.54, 1.807) is 0 Å². The van der Waals surface area contributed by atoms with Crippen LogP contribution >= 0.6 is 0 Å². The summed E-state index contributed by atoms with van der Waals surface area (Å²) >= 11 is 0. The first-order chi connectivity index (χ1) is 5.86. The summed E-state index contributed by atoms with van der Waals surface area (Å²) in [6.45, 7) is 3.50. The van der Waals surface area contributed by atoms with E-state index in [1.807, 2.05) is 0 Å². The van der Waals surface area contributed by atoms with Gasteiger partial charge >= 0.3 is 0 Å². The lowest BCUT2D eigenvalue weighted by atomic mass is 10.0. The van der Waals surface area contributed by atoms with Crippen molar-refractivity contribution in [1.82, 2.24) is 4.90 Å². The molecule has 0 amide bonds. The molecule has 1 heterocycles. The molecule has 2 rings (SSSR count). The van der Waals surface area contributed by atoms with Crippen LogP contribution in [0.25, 0.3) is 0 Å². The first-order valence-corrected chi connectivity index (χ1v) is 4.99. The summed E-state index contributed by atoms with van der Waals surface area (Å²) in [6.07, 6.45) is 8.43. The molecule has 2 heteroatoms. The highest BCUT2D eigenvalue weighted by molar-refractivity contribution is 4.96. The largest absolute Gasteiger partial charge is 0.327 e. The lowest BCUT2D eigenvalue weighted by Crippen LogP contribution is -2.35. The third-order valence-electron chi connectivity index (χ3n) is 3.10. The average Bonchev–Trinajstić information content (AvgIpc) is 2.65. The van der Waals surface area contributed by atoms with E-state index in [9.17, 15) is 0 Å². The molecule has 12 heavy (non-hydrogen) atoms. The summed E-state index contributed by atoms with van der Waals surface area (Å²) in [5, 5.41) is 0. The van der Waals surface area contributed by atoms with Crippen molar-refractivity contribution in [3.8, 4) is 0 Å². The fraction of sp³-hybridized carbons (Fsp3) is 0.800. The minimum absolute atomic E-state index is 0.477. The second-order valence-corrected chi connectivity index (χ2v) is 4.04.